The molecule has 36 heavy (non-hydrogen) atoms. The highest BCUT2D eigenvalue weighted by Gasteiger charge is 2.23. The predicted octanol–water partition coefficient (Wildman–Crippen LogP) is 3.19. The lowest BCUT2D eigenvalue weighted by Crippen LogP contribution is -2.43. The summed E-state index contributed by atoms with van der Waals surface area (Å²) in [7, 11) is -3.07. The fraction of sp³-hybridized carbons (Fsp3) is 0.208. The molecule has 1 fully saturated rings. The van der Waals surface area contributed by atoms with E-state index in [0.717, 1.165) is 49.5 Å². The van der Waals surface area contributed by atoms with Gasteiger partial charge in [-0.1, -0.05) is 0 Å². The third-order valence-electron chi connectivity index (χ3n) is 5.79. The van der Waals surface area contributed by atoms with E-state index in [4.69, 9.17) is 9.72 Å². The van der Waals surface area contributed by atoms with Crippen molar-refractivity contribution >= 4 is 32.4 Å². The molecule has 2 N–H and O–H groups in total. The van der Waals surface area contributed by atoms with E-state index in [1.165, 1.54) is 19.4 Å². The maximum absolute atomic E-state index is 14.2. The van der Waals surface area contributed by atoms with Crippen LogP contribution in [0.1, 0.15) is 0 Å². The van der Waals surface area contributed by atoms with Crippen molar-refractivity contribution in [3.63, 3.8) is 0 Å². The van der Waals surface area contributed by atoms with Gasteiger partial charge in [-0.15, -0.1) is 0 Å². The molecule has 1 aliphatic rings. The van der Waals surface area contributed by atoms with Gasteiger partial charge in [0.2, 0.25) is 5.88 Å². The maximum Gasteiger partial charge on any atom is 0.264 e. The van der Waals surface area contributed by atoms with Crippen molar-refractivity contribution in [2.45, 2.75) is 4.90 Å². The Morgan fingerprint density at radius 3 is 2.61 bits per heavy atom. The van der Waals surface area contributed by atoms with Gasteiger partial charge >= 0.3 is 0 Å². The number of aromatic nitrogens is 3. The Kier molecular flexibility index (Phi) is 6.37. The summed E-state index contributed by atoms with van der Waals surface area (Å²) in [5.41, 5.74) is 3.42. The lowest BCUT2D eigenvalue weighted by Gasteiger charge is -2.29. The molecule has 186 valence electrons. The second-order valence-electron chi connectivity index (χ2n) is 8.09. The molecule has 4 heterocycles. The molecule has 0 amide bonds. The molecule has 0 saturated carbocycles. The first-order valence-corrected chi connectivity index (χ1v) is 12.6. The summed E-state index contributed by atoms with van der Waals surface area (Å²) in [5.74, 6) is -2.12. The number of sulfonamides is 1. The van der Waals surface area contributed by atoms with Gasteiger partial charge in [0, 0.05) is 50.2 Å². The predicted molar refractivity (Wildman–Crippen MR) is 132 cm³/mol. The first-order chi connectivity index (χ1) is 17.4. The number of halogens is 2. The van der Waals surface area contributed by atoms with Crippen LogP contribution in [0.5, 0.6) is 5.88 Å². The second kappa shape index (κ2) is 9.63. The zero-order chi connectivity index (χ0) is 25.3. The molecule has 0 unspecified atom stereocenters. The van der Waals surface area contributed by atoms with Crippen LogP contribution in [0.15, 0.2) is 59.8 Å². The van der Waals surface area contributed by atoms with Crippen LogP contribution in [-0.4, -0.2) is 56.7 Å². The Morgan fingerprint density at radius 1 is 1.06 bits per heavy atom. The minimum absolute atomic E-state index is 0.0193. The molecule has 5 rings (SSSR count). The summed E-state index contributed by atoms with van der Waals surface area (Å²) in [5, 5.41) is 3.33. The highest BCUT2D eigenvalue weighted by molar-refractivity contribution is 7.92. The van der Waals surface area contributed by atoms with Crippen LogP contribution < -0.4 is 19.7 Å². The van der Waals surface area contributed by atoms with Gasteiger partial charge < -0.3 is 15.0 Å². The number of piperazine rings is 1. The molecule has 0 radical (unpaired) electrons. The van der Waals surface area contributed by atoms with Crippen LogP contribution in [0.3, 0.4) is 0 Å². The molecular formula is C24H22F2N6O3S. The number of hydrogen-bond acceptors (Lipinski definition) is 8. The summed E-state index contributed by atoms with van der Waals surface area (Å²) >= 11 is 0. The number of methoxy groups -OCH3 is 1. The minimum atomic E-state index is -4.40. The van der Waals surface area contributed by atoms with Crippen molar-refractivity contribution < 1.29 is 21.9 Å². The van der Waals surface area contributed by atoms with Gasteiger partial charge in [0.15, 0.2) is 0 Å². The molecule has 0 atom stereocenters. The quantitative estimate of drug-likeness (QED) is 0.406. The fourth-order valence-electron chi connectivity index (χ4n) is 4.05. The second-order valence-corrected chi connectivity index (χ2v) is 9.74. The van der Waals surface area contributed by atoms with E-state index in [0.29, 0.717) is 22.8 Å². The summed E-state index contributed by atoms with van der Waals surface area (Å²) in [6, 6.07) is 9.25. The van der Waals surface area contributed by atoms with Gasteiger partial charge in [-0.3, -0.25) is 9.71 Å². The van der Waals surface area contributed by atoms with Gasteiger partial charge in [-0.2, -0.15) is 0 Å². The molecule has 3 aromatic heterocycles. The summed E-state index contributed by atoms with van der Waals surface area (Å²) in [6.45, 7) is 3.40. The van der Waals surface area contributed by atoms with Crippen LogP contribution in [-0.2, 0) is 10.0 Å². The molecule has 9 nitrogen and oxygen atoms in total. The highest BCUT2D eigenvalue weighted by atomic mass is 32.2. The van der Waals surface area contributed by atoms with E-state index in [9.17, 15) is 17.2 Å². The number of fused-ring (bicyclic) bond motifs is 1. The van der Waals surface area contributed by atoms with Crippen molar-refractivity contribution in [2.75, 3.05) is 42.9 Å². The normalized spacial score (nSPS) is 14.1. The average molecular weight is 513 g/mol. The molecular weight excluding hydrogens is 490 g/mol. The fourth-order valence-corrected chi connectivity index (χ4v) is 5.16. The van der Waals surface area contributed by atoms with Gasteiger partial charge in [0.25, 0.3) is 10.0 Å². The van der Waals surface area contributed by atoms with E-state index in [1.54, 1.807) is 12.3 Å². The first kappa shape index (κ1) is 23.8. The molecule has 0 spiro atoms. The van der Waals surface area contributed by atoms with Gasteiger partial charge in [0.05, 0.1) is 24.0 Å². The number of ether oxygens (including phenoxy) is 1. The van der Waals surface area contributed by atoms with Crippen molar-refractivity contribution in [3.8, 4) is 17.1 Å². The Labute approximate surface area is 206 Å². The van der Waals surface area contributed by atoms with Crippen molar-refractivity contribution in [2.24, 2.45) is 0 Å². The number of nitrogens with zero attached hydrogens (tertiary/aromatic N) is 4. The average Bonchev–Trinajstić information content (AvgIpc) is 2.88. The third kappa shape index (κ3) is 4.64. The number of anilines is 2. The van der Waals surface area contributed by atoms with Crippen molar-refractivity contribution in [1.82, 2.24) is 20.3 Å². The van der Waals surface area contributed by atoms with E-state index in [1.807, 2.05) is 12.1 Å². The number of nitrogens with one attached hydrogen (secondary N) is 2. The Bertz CT molecular complexity index is 1540. The largest absolute Gasteiger partial charge is 0.480 e. The number of pyridine rings is 3. The summed E-state index contributed by atoms with van der Waals surface area (Å²) < 4.78 is 60.7. The Morgan fingerprint density at radius 2 is 1.86 bits per heavy atom. The summed E-state index contributed by atoms with van der Waals surface area (Å²) in [4.78, 5) is 15.0. The van der Waals surface area contributed by atoms with Gasteiger partial charge in [-0.05, 0) is 36.4 Å². The molecule has 0 bridgehead atoms. The zero-order valence-electron chi connectivity index (χ0n) is 19.2. The van der Waals surface area contributed by atoms with Crippen LogP contribution in [0.25, 0.3) is 22.3 Å². The monoisotopic (exact) mass is 512 g/mol. The smallest absolute Gasteiger partial charge is 0.264 e. The van der Waals surface area contributed by atoms with E-state index in [2.05, 4.69) is 24.9 Å². The maximum atomic E-state index is 14.2. The molecule has 0 aliphatic carbocycles. The van der Waals surface area contributed by atoms with Crippen molar-refractivity contribution in [3.05, 3.63) is 66.5 Å². The molecule has 1 aliphatic heterocycles. The SMILES string of the molecule is COc1ncc(-c2ccc3nccc(N4CCNCC4)c3n2)cc1NS(=O)(=O)c1ccc(F)cc1F. The lowest BCUT2D eigenvalue weighted by atomic mass is 10.1. The first-order valence-electron chi connectivity index (χ1n) is 11.1. The van der Waals surface area contributed by atoms with Crippen LogP contribution in [0.2, 0.25) is 0 Å². The van der Waals surface area contributed by atoms with E-state index >= 15 is 0 Å². The van der Waals surface area contributed by atoms with Crippen LogP contribution in [0, 0.1) is 11.6 Å². The van der Waals surface area contributed by atoms with E-state index < -0.39 is 26.6 Å². The number of benzene rings is 1. The number of rotatable bonds is 6. The van der Waals surface area contributed by atoms with E-state index in [-0.39, 0.29) is 11.6 Å². The standard InChI is InChI=1S/C24H22F2N6O3S/c1-35-24-20(31-36(33,34)22-5-2-16(25)13-17(22)26)12-15(14-29-24)18-3-4-19-23(30-18)21(6-7-28-19)32-10-8-27-9-11-32/h2-7,12-14,27,31H,8-11H2,1H3. The molecule has 12 heteroatoms. The Balaban J connectivity index is 1.54. The lowest BCUT2D eigenvalue weighted by molar-refractivity contribution is 0.400. The third-order valence-corrected chi connectivity index (χ3v) is 7.19. The number of hydrogen-bond donors (Lipinski definition) is 2. The summed E-state index contributed by atoms with van der Waals surface area (Å²) in [6.07, 6.45) is 3.25. The Hall–Kier alpha value is -3.90. The van der Waals surface area contributed by atoms with Gasteiger partial charge in [0.1, 0.15) is 27.7 Å². The zero-order valence-corrected chi connectivity index (χ0v) is 20.0. The van der Waals surface area contributed by atoms with Crippen LogP contribution in [0.4, 0.5) is 20.2 Å². The topological polar surface area (TPSA) is 109 Å². The van der Waals surface area contributed by atoms with Crippen LogP contribution >= 0.6 is 0 Å². The minimum Gasteiger partial charge on any atom is -0.480 e. The molecule has 1 aromatic carbocycles. The molecule has 1 saturated heterocycles. The highest BCUT2D eigenvalue weighted by Crippen LogP contribution is 2.32. The van der Waals surface area contributed by atoms with Gasteiger partial charge in [-0.25, -0.2) is 27.2 Å². The van der Waals surface area contributed by atoms with Crippen molar-refractivity contribution in [1.29, 1.82) is 0 Å². The molecule has 4 aromatic rings.